The molecule has 5 heteroatoms. The second kappa shape index (κ2) is 6.14. The highest BCUT2D eigenvalue weighted by Crippen LogP contribution is 2.20. The molecule has 0 saturated heterocycles. The highest BCUT2D eigenvalue weighted by molar-refractivity contribution is 5.24. The van der Waals surface area contributed by atoms with Crippen LogP contribution >= 0.6 is 0 Å². The molecule has 17 heavy (non-hydrogen) atoms. The van der Waals surface area contributed by atoms with Gasteiger partial charge in [0.1, 0.15) is 5.76 Å². The van der Waals surface area contributed by atoms with E-state index in [1.54, 1.807) is 0 Å². The van der Waals surface area contributed by atoms with Crippen LogP contribution in [0.5, 0.6) is 0 Å². The SMILES string of the molecule is Cc1noc(C)c1C(C)NCC(O)CN(C)C. The third-order valence-corrected chi connectivity index (χ3v) is 2.76. The normalized spacial score (nSPS) is 15.2. The molecule has 0 aromatic carbocycles. The lowest BCUT2D eigenvalue weighted by Crippen LogP contribution is -2.36. The molecule has 5 nitrogen and oxygen atoms in total. The summed E-state index contributed by atoms with van der Waals surface area (Å²) in [7, 11) is 3.89. The number of aliphatic hydroxyl groups excluding tert-OH is 1. The first-order valence-electron chi connectivity index (χ1n) is 5.90. The Morgan fingerprint density at radius 3 is 2.53 bits per heavy atom. The van der Waals surface area contributed by atoms with Gasteiger partial charge in [-0.15, -0.1) is 0 Å². The Balaban J connectivity index is 2.47. The van der Waals surface area contributed by atoms with Crippen LogP contribution in [0.25, 0.3) is 0 Å². The van der Waals surface area contributed by atoms with E-state index in [1.807, 2.05) is 32.8 Å². The molecular formula is C12H23N3O2. The number of rotatable bonds is 6. The van der Waals surface area contributed by atoms with Crippen LogP contribution in [-0.2, 0) is 0 Å². The van der Waals surface area contributed by atoms with Gasteiger partial charge in [0.15, 0.2) is 0 Å². The molecular weight excluding hydrogens is 218 g/mol. The molecule has 0 bridgehead atoms. The van der Waals surface area contributed by atoms with E-state index < -0.39 is 0 Å². The number of hydrogen-bond acceptors (Lipinski definition) is 5. The summed E-state index contributed by atoms with van der Waals surface area (Å²) in [6.07, 6.45) is -0.368. The molecule has 98 valence electrons. The van der Waals surface area contributed by atoms with Gasteiger partial charge in [-0.2, -0.15) is 0 Å². The Morgan fingerprint density at radius 2 is 2.06 bits per heavy atom. The van der Waals surface area contributed by atoms with E-state index in [-0.39, 0.29) is 12.1 Å². The smallest absolute Gasteiger partial charge is 0.138 e. The van der Waals surface area contributed by atoms with Gasteiger partial charge in [0.05, 0.1) is 11.8 Å². The van der Waals surface area contributed by atoms with Crippen LogP contribution in [0.2, 0.25) is 0 Å². The van der Waals surface area contributed by atoms with Gasteiger partial charge >= 0.3 is 0 Å². The Bertz CT molecular complexity index is 330. The van der Waals surface area contributed by atoms with E-state index in [2.05, 4.69) is 17.4 Å². The standard InChI is InChI=1S/C12H23N3O2/c1-8(12-9(2)14-17-10(12)3)13-6-11(16)7-15(4)5/h8,11,13,16H,6-7H2,1-5H3. The van der Waals surface area contributed by atoms with Crippen molar-refractivity contribution in [2.24, 2.45) is 0 Å². The van der Waals surface area contributed by atoms with E-state index >= 15 is 0 Å². The van der Waals surface area contributed by atoms with Crippen LogP contribution in [0.15, 0.2) is 4.52 Å². The van der Waals surface area contributed by atoms with Crippen LogP contribution < -0.4 is 5.32 Å². The summed E-state index contributed by atoms with van der Waals surface area (Å²) in [5.41, 5.74) is 1.99. The van der Waals surface area contributed by atoms with Crippen molar-refractivity contribution < 1.29 is 9.63 Å². The second-order valence-corrected chi connectivity index (χ2v) is 4.78. The summed E-state index contributed by atoms with van der Waals surface area (Å²) in [6, 6.07) is 0.137. The second-order valence-electron chi connectivity index (χ2n) is 4.78. The monoisotopic (exact) mass is 241 g/mol. The van der Waals surface area contributed by atoms with Gasteiger partial charge in [-0.25, -0.2) is 0 Å². The number of aliphatic hydroxyl groups is 1. The van der Waals surface area contributed by atoms with Gasteiger partial charge in [-0.3, -0.25) is 0 Å². The van der Waals surface area contributed by atoms with Gasteiger partial charge in [-0.05, 0) is 34.9 Å². The summed E-state index contributed by atoms with van der Waals surface area (Å²) >= 11 is 0. The first kappa shape index (κ1) is 14.2. The molecule has 1 aromatic rings. The molecule has 1 rings (SSSR count). The Kier molecular flexibility index (Phi) is 5.11. The molecule has 0 fully saturated rings. The molecule has 2 N–H and O–H groups in total. The average molecular weight is 241 g/mol. The van der Waals surface area contributed by atoms with Crippen molar-refractivity contribution in [2.75, 3.05) is 27.2 Å². The first-order chi connectivity index (χ1) is 7.91. The van der Waals surface area contributed by atoms with Crippen LogP contribution in [0.1, 0.15) is 30.0 Å². The fourth-order valence-corrected chi connectivity index (χ4v) is 2.01. The van der Waals surface area contributed by atoms with Crippen molar-refractivity contribution >= 4 is 0 Å². The Morgan fingerprint density at radius 1 is 1.41 bits per heavy atom. The molecule has 2 unspecified atom stereocenters. The fraction of sp³-hybridized carbons (Fsp3) is 0.750. The van der Waals surface area contributed by atoms with E-state index in [0.717, 1.165) is 17.0 Å². The minimum Gasteiger partial charge on any atom is -0.390 e. The van der Waals surface area contributed by atoms with Crippen molar-refractivity contribution in [2.45, 2.75) is 32.9 Å². The lowest BCUT2D eigenvalue weighted by atomic mass is 10.1. The van der Waals surface area contributed by atoms with Gasteiger partial charge in [0, 0.05) is 24.7 Å². The largest absolute Gasteiger partial charge is 0.390 e. The Hall–Kier alpha value is -0.910. The third-order valence-electron chi connectivity index (χ3n) is 2.76. The van der Waals surface area contributed by atoms with E-state index in [4.69, 9.17) is 4.52 Å². The number of likely N-dealkylation sites (N-methyl/N-ethyl adjacent to an activating group) is 1. The zero-order valence-corrected chi connectivity index (χ0v) is 11.3. The van der Waals surface area contributed by atoms with E-state index in [0.29, 0.717) is 13.1 Å². The summed E-state index contributed by atoms with van der Waals surface area (Å²) in [6.45, 7) is 7.10. The van der Waals surface area contributed by atoms with Crippen molar-refractivity contribution in [3.05, 3.63) is 17.0 Å². The Labute approximate surface area is 103 Å². The summed E-state index contributed by atoms with van der Waals surface area (Å²) in [5, 5.41) is 17.0. The minimum atomic E-state index is -0.368. The predicted octanol–water partition coefficient (Wildman–Crippen LogP) is 0.865. The average Bonchev–Trinajstić information content (AvgIpc) is 2.54. The predicted molar refractivity (Wildman–Crippen MR) is 67.0 cm³/mol. The van der Waals surface area contributed by atoms with Crippen molar-refractivity contribution in [3.63, 3.8) is 0 Å². The minimum absolute atomic E-state index is 0.137. The van der Waals surface area contributed by atoms with Crippen molar-refractivity contribution in [3.8, 4) is 0 Å². The number of nitrogens with zero attached hydrogens (tertiary/aromatic N) is 2. The van der Waals surface area contributed by atoms with E-state index in [9.17, 15) is 5.11 Å². The van der Waals surface area contributed by atoms with Crippen LogP contribution in [0.4, 0.5) is 0 Å². The summed E-state index contributed by atoms with van der Waals surface area (Å²) in [5.74, 6) is 0.838. The highest BCUT2D eigenvalue weighted by Gasteiger charge is 2.17. The van der Waals surface area contributed by atoms with Crippen LogP contribution in [0, 0.1) is 13.8 Å². The maximum atomic E-state index is 9.76. The molecule has 2 atom stereocenters. The lowest BCUT2D eigenvalue weighted by molar-refractivity contribution is 0.132. The molecule has 0 spiro atoms. The molecule has 1 heterocycles. The van der Waals surface area contributed by atoms with Gasteiger partial charge in [0.2, 0.25) is 0 Å². The number of aromatic nitrogens is 1. The lowest BCUT2D eigenvalue weighted by Gasteiger charge is -2.19. The topological polar surface area (TPSA) is 61.5 Å². The molecule has 0 aliphatic carbocycles. The van der Waals surface area contributed by atoms with Crippen LogP contribution in [0.3, 0.4) is 0 Å². The van der Waals surface area contributed by atoms with Gasteiger partial charge in [0.25, 0.3) is 0 Å². The van der Waals surface area contributed by atoms with E-state index in [1.165, 1.54) is 0 Å². The van der Waals surface area contributed by atoms with Gasteiger partial charge in [-0.1, -0.05) is 5.16 Å². The number of nitrogens with one attached hydrogen (secondary N) is 1. The third kappa shape index (κ3) is 4.11. The molecule has 0 aliphatic rings. The summed E-state index contributed by atoms with van der Waals surface area (Å²) < 4.78 is 5.13. The van der Waals surface area contributed by atoms with Crippen molar-refractivity contribution in [1.82, 2.24) is 15.4 Å². The quantitative estimate of drug-likeness (QED) is 0.773. The van der Waals surface area contributed by atoms with Crippen molar-refractivity contribution in [1.29, 1.82) is 0 Å². The molecule has 1 aromatic heterocycles. The fourth-order valence-electron chi connectivity index (χ4n) is 2.01. The summed E-state index contributed by atoms with van der Waals surface area (Å²) in [4.78, 5) is 1.97. The maximum absolute atomic E-state index is 9.76. The van der Waals surface area contributed by atoms with Gasteiger partial charge < -0.3 is 19.8 Å². The zero-order valence-electron chi connectivity index (χ0n) is 11.3. The maximum Gasteiger partial charge on any atom is 0.138 e. The molecule has 0 radical (unpaired) electrons. The first-order valence-corrected chi connectivity index (χ1v) is 5.90. The zero-order chi connectivity index (χ0) is 13.0. The number of hydrogen-bond donors (Lipinski definition) is 2. The molecule has 0 amide bonds. The number of aryl methyl sites for hydroxylation is 2. The van der Waals surface area contributed by atoms with Crippen LogP contribution in [-0.4, -0.2) is 48.5 Å². The highest BCUT2D eigenvalue weighted by atomic mass is 16.5. The molecule has 0 aliphatic heterocycles. The molecule has 0 saturated carbocycles.